The lowest BCUT2D eigenvalue weighted by Crippen LogP contribution is -2.36. The maximum Gasteiger partial charge on any atom is 0.246 e. The summed E-state index contributed by atoms with van der Waals surface area (Å²) in [6.07, 6.45) is 0.798. The standard InChI is InChI=1S/C10H20N2O/c1-6-8(7(2)9(11)13)12-10(3,4)5/h12H,6H2,1-5H3,(H2,11,13)/b8-7-. The van der Waals surface area contributed by atoms with Crippen molar-refractivity contribution in [3.8, 4) is 0 Å². The summed E-state index contributed by atoms with van der Waals surface area (Å²) in [5.41, 5.74) is 6.72. The first kappa shape index (κ1) is 12.0. The summed E-state index contributed by atoms with van der Waals surface area (Å²) in [7, 11) is 0. The molecule has 3 nitrogen and oxygen atoms in total. The Morgan fingerprint density at radius 1 is 1.38 bits per heavy atom. The molecule has 0 aliphatic rings. The molecule has 1 amide bonds. The molecule has 0 radical (unpaired) electrons. The minimum Gasteiger partial charge on any atom is -0.383 e. The van der Waals surface area contributed by atoms with Gasteiger partial charge in [0.15, 0.2) is 0 Å². The van der Waals surface area contributed by atoms with Gasteiger partial charge in [-0.2, -0.15) is 0 Å². The van der Waals surface area contributed by atoms with E-state index in [-0.39, 0.29) is 11.4 Å². The molecule has 13 heavy (non-hydrogen) atoms. The molecule has 0 aliphatic heterocycles. The van der Waals surface area contributed by atoms with Gasteiger partial charge in [-0.3, -0.25) is 4.79 Å². The zero-order chi connectivity index (χ0) is 10.6. The second-order valence-corrected chi connectivity index (χ2v) is 4.20. The molecule has 0 unspecified atom stereocenters. The largest absolute Gasteiger partial charge is 0.383 e. The fourth-order valence-corrected chi connectivity index (χ4v) is 1.05. The van der Waals surface area contributed by atoms with Crippen molar-refractivity contribution in [2.75, 3.05) is 0 Å². The molecular weight excluding hydrogens is 164 g/mol. The minimum atomic E-state index is -0.353. The van der Waals surface area contributed by atoms with Crippen molar-refractivity contribution in [1.82, 2.24) is 5.32 Å². The van der Waals surface area contributed by atoms with Crippen molar-refractivity contribution in [2.45, 2.75) is 46.6 Å². The van der Waals surface area contributed by atoms with E-state index in [1.165, 1.54) is 0 Å². The number of carbonyl (C=O) groups is 1. The lowest BCUT2D eigenvalue weighted by Gasteiger charge is -2.25. The van der Waals surface area contributed by atoms with E-state index in [1.54, 1.807) is 6.92 Å². The van der Waals surface area contributed by atoms with E-state index in [2.05, 4.69) is 26.1 Å². The molecule has 0 heterocycles. The molecule has 0 rings (SSSR count). The van der Waals surface area contributed by atoms with E-state index < -0.39 is 0 Å². The molecule has 0 aromatic heterocycles. The summed E-state index contributed by atoms with van der Waals surface area (Å²) in [6, 6.07) is 0. The van der Waals surface area contributed by atoms with E-state index in [9.17, 15) is 4.79 Å². The average molecular weight is 184 g/mol. The minimum absolute atomic E-state index is 0.0257. The molecule has 3 heteroatoms. The van der Waals surface area contributed by atoms with Crippen LogP contribution in [0.1, 0.15) is 41.0 Å². The van der Waals surface area contributed by atoms with Gasteiger partial charge in [0.05, 0.1) is 0 Å². The molecule has 0 fully saturated rings. The van der Waals surface area contributed by atoms with E-state index in [0.717, 1.165) is 12.1 Å². The second kappa shape index (κ2) is 4.30. The van der Waals surface area contributed by atoms with E-state index in [4.69, 9.17) is 5.73 Å². The molecule has 76 valence electrons. The van der Waals surface area contributed by atoms with Crippen molar-refractivity contribution < 1.29 is 4.79 Å². The maximum absolute atomic E-state index is 10.9. The van der Waals surface area contributed by atoms with Crippen LogP contribution < -0.4 is 11.1 Å². The number of hydrogen-bond acceptors (Lipinski definition) is 2. The van der Waals surface area contributed by atoms with Crippen LogP contribution in [-0.4, -0.2) is 11.4 Å². The SMILES string of the molecule is CC/C(NC(C)(C)C)=C(\C)C(N)=O. The van der Waals surface area contributed by atoms with E-state index in [1.807, 2.05) is 6.92 Å². The zero-order valence-corrected chi connectivity index (χ0v) is 9.19. The monoisotopic (exact) mass is 184 g/mol. The van der Waals surface area contributed by atoms with Gasteiger partial charge in [-0.05, 0) is 34.1 Å². The Hall–Kier alpha value is -0.990. The first-order chi connectivity index (χ1) is 5.78. The highest BCUT2D eigenvalue weighted by molar-refractivity contribution is 5.91. The van der Waals surface area contributed by atoms with E-state index >= 15 is 0 Å². The molecule has 0 saturated heterocycles. The van der Waals surface area contributed by atoms with Gasteiger partial charge < -0.3 is 11.1 Å². The summed E-state index contributed by atoms with van der Waals surface area (Å²) in [6.45, 7) is 9.91. The van der Waals surface area contributed by atoms with Gasteiger partial charge >= 0.3 is 0 Å². The fourth-order valence-electron chi connectivity index (χ4n) is 1.05. The Kier molecular flexibility index (Phi) is 3.98. The van der Waals surface area contributed by atoms with Crippen molar-refractivity contribution >= 4 is 5.91 Å². The Bertz CT molecular complexity index is 224. The lowest BCUT2D eigenvalue weighted by atomic mass is 10.1. The number of allylic oxidation sites excluding steroid dienone is 1. The summed E-state index contributed by atoms with van der Waals surface area (Å²) < 4.78 is 0. The third-order valence-corrected chi connectivity index (χ3v) is 1.70. The van der Waals surface area contributed by atoms with Gasteiger partial charge in [0.25, 0.3) is 0 Å². The van der Waals surface area contributed by atoms with Crippen LogP contribution in [0.3, 0.4) is 0 Å². The van der Waals surface area contributed by atoms with Gasteiger partial charge in [0.2, 0.25) is 5.91 Å². The van der Waals surface area contributed by atoms with Crippen molar-refractivity contribution in [3.05, 3.63) is 11.3 Å². The molecule has 3 N–H and O–H groups in total. The van der Waals surface area contributed by atoms with Crippen LogP contribution in [0.5, 0.6) is 0 Å². The van der Waals surface area contributed by atoms with Crippen LogP contribution >= 0.6 is 0 Å². The molecule has 0 saturated carbocycles. The second-order valence-electron chi connectivity index (χ2n) is 4.20. The normalized spacial score (nSPS) is 13.6. The number of hydrogen-bond donors (Lipinski definition) is 2. The topological polar surface area (TPSA) is 55.1 Å². The van der Waals surface area contributed by atoms with Gasteiger partial charge in [-0.25, -0.2) is 0 Å². The van der Waals surface area contributed by atoms with Crippen LogP contribution in [-0.2, 0) is 4.79 Å². The lowest BCUT2D eigenvalue weighted by molar-refractivity contribution is -0.114. The highest BCUT2D eigenvalue weighted by Gasteiger charge is 2.13. The first-order valence-corrected chi connectivity index (χ1v) is 4.55. The first-order valence-electron chi connectivity index (χ1n) is 4.55. The third kappa shape index (κ3) is 4.55. The average Bonchev–Trinajstić information content (AvgIpc) is 1.97. The van der Waals surface area contributed by atoms with Gasteiger partial charge in [-0.1, -0.05) is 6.92 Å². The van der Waals surface area contributed by atoms with Gasteiger partial charge in [0, 0.05) is 16.8 Å². The van der Waals surface area contributed by atoms with Crippen LogP contribution in [0.4, 0.5) is 0 Å². The predicted molar refractivity (Wildman–Crippen MR) is 55.1 cm³/mol. The molecule has 0 atom stereocenters. The molecule has 0 spiro atoms. The number of rotatable bonds is 3. The van der Waals surface area contributed by atoms with Crippen LogP contribution in [0, 0.1) is 0 Å². The number of nitrogens with two attached hydrogens (primary N) is 1. The summed E-state index contributed by atoms with van der Waals surface area (Å²) >= 11 is 0. The Balaban J connectivity index is 4.70. The molecule has 0 aromatic carbocycles. The molecular formula is C10H20N2O. The molecule has 0 aliphatic carbocycles. The van der Waals surface area contributed by atoms with Crippen LogP contribution in [0.2, 0.25) is 0 Å². The van der Waals surface area contributed by atoms with Crippen molar-refractivity contribution in [3.63, 3.8) is 0 Å². The van der Waals surface area contributed by atoms with Crippen molar-refractivity contribution in [1.29, 1.82) is 0 Å². The highest BCUT2D eigenvalue weighted by Crippen LogP contribution is 2.10. The Morgan fingerprint density at radius 2 is 1.85 bits per heavy atom. The number of amides is 1. The smallest absolute Gasteiger partial charge is 0.246 e. The summed E-state index contributed by atoms with van der Waals surface area (Å²) in [5, 5.41) is 3.27. The zero-order valence-electron chi connectivity index (χ0n) is 9.19. The van der Waals surface area contributed by atoms with Crippen LogP contribution in [0.25, 0.3) is 0 Å². The highest BCUT2D eigenvalue weighted by atomic mass is 16.1. The number of carbonyl (C=O) groups excluding carboxylic acids is 1. The summed E-state index contributed by atoms with van der Waals surface area (Å²) in [5.74, 6) is -0.353. The number of primary amides is 1. The quantitative estimate of drug-likeness (QED) is 0.654. The Labute approximate surface area is 80.4 Å². The van der Waals surface area contributed by atoms with Gasteiger partial charge in [-0.15, -0.1) is 0 Å². The fraction of sp³-hybridized carbons (Fsp3) is 0.700. The molecule has 0 bridgehead atoms. The number of nitrogens with one attached hydrogen (secondary N) is 1. The summed E-state index contributed by atoms with van der Waals surface area (Å²) in [4.78, 5) is 10.9. The van der Waals surface area contributed by atoms with Crippen molar-refractivity contribution in [2.24, 2.45) is 5.73 Å². The van der Waals surface area contributed by atoms with Crippen LogP contribution in [0.15, 0.2) is 11.3 Å². The molecule has 0 aromatic rings. The Morgan fingerprint density at radius 3 is 2.08 bits per heavy atom. The van der Waals surface area contributed by atoms with Gasteiger partial charge in [0.1, 0.15) is 0 Å². The predicted octanol–water partition coefficient (Wildman–Crippen LogP) is 1.54. The van der Waals surface area contributed by atoms with E-state index in [0.29, 0.717) is 5.57 Å². The third-order valence-electron chi connectivity index (χ3n) is 1.70. The maximum atomic E-state index is 10.9.